The van der Waals surface area contributed by atoms with Crippen molar-refractivity contribution in [3.05, 3.63) is 52.5 Å². The van der Waals surface area contributed by atoms with Crippen molar-refractivity contribution in [2.45, 2.75) is 13.0 Å². The number of hydrogen-bond donors (Lipinski definition) is 1. The molecule has 2 aromatic carbocycles. The molecule has 0 aliphatic carbocycles. The molecular weight excluding hydrogens is 320 g/mol. The van der Waals surface area contributed by atoms with Gasteiger partial charge in [-0.05, 0) is 6.92 Å². The van der Waals surface area contributed by atoms with Crippen molar-refractivity contribution in [2.75, 3.05) is 14.2 Å². The van der Waals surface area contributed by atoms with Gasteiger partial charge in [-0.25, -0.2) is 4.79 Å². The zero-order valence-electron chi connectivity index (χ0n) is 13.0. The number of phenolic OH excluding ortho intramolecular Hbond substituents is 1. The van der Waals surface area contributed by atoms with Gasteiger partial charge in [0.05, 0.1) is 19.2 Å². The number of esters is 1. The number of rotatable bonds is 5. The molecule has 1 atom stereocenters. The zero-order chi connectivity index (χ0) is 17.0. The Bertz CT molecular complexity index is 700. The van der Waals surface area contributed by atoms with Crippen LogP contribution in [0.4, 0.5) is 0 Å². The summed E-state index contributed by atoms with van der Waals surface area (Å²) in [6.45, 7) is 1.64. The molecule has 122 valence electrons. The van der Waals surface area contributed by atoms with Gasteiger partial charge in [-0.15, -0.1) is 0 Å². The van der Waals surface area contributed by atoms with E-state index in [1.807, 2.05) is 6.07 Å². The van der Waals surface area contributed by atoms with E-state index in [2.05, 4.69) is 0 Å². The second kappa shape index (κ2) is 7.24. The predicted molar refractivity (Wildman–Crippen MR) is 86.2 cm³/mol. The summed E-state index contributed by atoms with van der Waals surface area (Å²) in [5, 5.41) is 10.0. The number of carbonyl (C=O) groups is 1. The average molecular weight is 337 g/mol. The summed E-state index contributed by atoms with van der Waals surface area (Å²) in [4.78, 5) is 12.1. The first-order chi connectivity index (χ1) is 11.0. The smallest absolute Gasteiger partial charge is 0.351 e. The molecule has 0 saturated heterocycles. The van der Waals surface area contributed by atoms with Crippen molar-refractivity contribution >= 4 is 17.6 Å². The van der Waals surface area contributed by atoms with Crippen LogP contribution in [0.5, 0.6) is 17.2 Å². The first kappa shape index (κ1) is 17.0. The van der Waals surface area contributed by atoms with Gasteiger partial charge in [0.25, 0.3) is 0 Å². The lowest BCUT2D eigenvalue weighted by Crippen LogP contribution is -2.20. The molecule has 0 aliphatic rings. The van der Waals surface area contributed by atoms with Gasteiger partial charge in [-0.1, -0.05) is 41.9 Å². The van der Waals surface area contributed by atoms with E-state index in [0.29, 0.717) is 11.1 Å². The molecule has 5 nitrogen and oxygen atoms in total. The van der Waals surface area contributed by atoms with E-state index in [1.165, 1.54) is 20.3 Å². The summed E-state index contributed by atoms with van der Waals surface area (Å²) in [6, 6.07) is 10.3. The highest BCUT2D eigenvalue weighted by Gasteiger charge is 2.27. The minimum Gasteiger partial charge on any atom is -0.507 e. The third-order valence-corrected chi connectivity index (χ3v) is 3.83. The highest BCUT2D eigenvalue weighted by Crippen LogP contribution is 2.44. The van der Waals surface area contributed by atoms with Crippen LogP contribution < -0.4 is 9.47 Å². The van der Waals surface area contributed by atoms with Crippen LogP contribution in [0.3, 0.4) is 0 Å². The molecule has 6 heteroatoms. The number of carbonyl (C=O) groups excluding carboxylic acids is 1. The third kappa shape index (κ3) is 3.51. The molecule has 2 aromatic rings. The van der Waals surface area contributed by atoms with Gasteiger partial charge in [-0.3, -0.25) is 0 Å². The van der Waals surface area contributed by atoms with Crippen LogP contribution in [0.25, 0.3) is 0 Å². The number of halogens is 1. The molecule has 2 rings (SSSR count). The second-order valence-electron chi connectivity index (χ2n) is 4.80. The molecule has 0 bridgehead atoms. The number of methoxy groups -OCH3 is 2. The van der Waals surface area contributed by atoms with Crippen LogP contribution in [-0.2, 0) is 9.53 Å². The quantitative estimate of drug-likeness (QED) is 0.844. The van der Waals surface area contributed by atoms with E-state index < -0.39 is 12.1 Å². The van der Waals surface area contributed by atoms with Crippen molar-refractivity contribution in [1.82, 2.24) is 0 Å². The minimum atomic E-state index is -1.00. The molecule has 0 aromatic heterocycles. The maximum absolute atomic E-state index is 12.1. The predicted octanol–water partition coefficient (Wildman–Crippen LogP) is 3.66. The van der Waals surface area contributed by atoms with E-state index in [-0.39, 0.29) is 22.3 Å². The van der Waals surface area contributed by atoms with Crippen LogP contribution in [0.1, 0.15) is 17.2 Å². The third-order valence-electron chi connectivity index (χ3n) is 3.38. The molecule has 1 unspecified atom stereocenters. The molecule has 0 heterocycles. The summed E-state index contributed by atoms with van der Waals surface area (Å²) in [7, 11) is 2.70. The van der Waals surface area contributed by atoms with Gasteiger partial charge >= 0.3 is 5.97 Å². The highest BCUT2D eigenvalue weighted by atomic mass is 35.5. The van der Waals surface area contributed by atoms with Crippen molar-refractivity contribution in [2.24, 2.45) is 0 Å². The Morgan fingerprint density at radius 2 is 1.87 bits per heavy atom. The van der Waals surface area contributed by atoms with Crippen molar-refractivity contribution in [3.8, 4) is 17.2 Å². The van der Waals surface area contributed by atoms with Gasteiger partial charge < -0.3 is 19.3 Å². The normalized spacial score (nSPS) is 11.7. The molecule has 0 saturated carbocycles. The largest absolute Gasteiger partial charge is 0.507 e. The summed E-state index contributed by atoms with van der Waals surface area (Å²) < 4.78 is 15.8. The summed E-state index contributed by atoms with van der Waals surface area (Å²) in [5.74, 6) is -0.194. The zero-order valence-corrected chi connectivity index (χ0v) is 13.8. The summed E-state index contributed by atoms with van der Waals surface area (Å²) >= 11 is 6.24. The molecule has 0 fully saturated rings. The van der Waals surface area contributed by atoms with Crippen LogP contribution in [0.15, 0.2) is 36.4 Å². The lowest BCUT2D eigenvalue weighted by atomic mass is 10.1. The van der Waals surface area contributed by atoms with E-state index in [4.69, 9.17) is 25.8 Å². The monoisotopic (exact) mass is 336 g/mol. The maximum Gasteiger partial charge on any atom is 0.351 e. The van der Waals surface area contributed by atoms with E-state index in [0.717, 1.165) is 0 Å². The Morgan fingerprint density at radius 3 is 2.43 bits per heavy atom. The first-order valence-electron chi connectivity index (χ1n) is 6.85. The SMILES string of the molecule is COC(=O)C(Oc1c(OC)cc(O)c(C)c1Cl)c1ccccc1. The Morgan fingerprint density at radius 1 is 1.22 bits per heavy atom. The molecule has 0 aliphatic heterocycles. The van der Waals surface area contributed by atoms with Crippen molar-refractivity contribution in [1.29, 1.82) is 0 Å². The molecular formula is C17H17ClO5. The van der Waals surface area contributed by atoms with Crippen molar-refractivity contribution < 1.29 is 24.1 Å². The van der Waals surface area contributed by atoms with Gasteiger partial charge in [-0.2, -0.15) is 0 Å². The van der Waals surface area contributed by atoms with Gasteiger partial charge in [0.1, 0.15) is 5.75 Å². The Hall–Kier alpha value is -2.40. The van der Waals surface area contributed by atoms with E-state index >= 15 is 0 Å². The molecule has 0 amide bonds. The fourth-order valence-corrected chi connectivity index (χ4v) is 2.29. The topological polar surface area (TPSA) is 65.0 Å². The molecule has 1 N–H and O–H groups in total. The maximum atomic E-state index is 12.1. The van der Waals surface area contributed by atoms with E-state index in [1.54, 1.807) is 31.2 Å². The standard InChI is InChI=1S/C17H17ClO5/c1-10-12(19)9-13(21-2)16(14(10)18)23-15(17(20)22-3)11-7-5-4-6-8-11/h4-9,15,19H,1-3H3. The average Bonchev–Trinajstić information content (AvgIpc) is 2.58. The number of benzene rings is 2. The summed E-state index contributed by atoms with van der Waals surface area (Å²) in [5.41, 5.74) is 1.04. The molecule has 23 heavy (non-hydrogen) atoms. The van der Waals surface area contributed by atoms with Crippen LogP contribution in [0, 0.1) is 6.92 Å². The molecule has 0 radical (unpaired) electrons. The molecule has 0 spiro atoms. The minimum absolute atomic E-state index is 0.0199. The van der Waals surface area contributed by atoms with Crippen LogP contribution in [-0.4, -0.2) is 25.3 Å². The van der Waals surface area contributed by atoms with Gasteiger partial charge in [0.15, 0.2) is 11.5 Å². The first-order valence-corrected chi connectivity index (χ1v) is 7.22. The van der Waals surface area contributed by atoms with Gasteiger partial charge in [0.2, 0.25) is 6.10 Å². The Labute approximate surface area is 139 Å². The summed E-state index contributed by atoms with van der Waals surface area (Å²) in [6.07, 6.45) is -1.00. The lowest BCUT2D eigenvalue weighted by Gasteiger charge is -2.21. The fraction of sp³-hybridized carbons (Fsp3) is 0.235. The number of aromatic hydroxyl groups is 1. The van der Waals surface area contributed by atoms with Gasteiger partial charge in [0, 0.05) is 17.2 Å². The van der Waals surface area contributed by atoms with Crippen LogP contribution >= 0.6 is 11.6 Å². The fourth-order valence-electron chi connectivity index (χ4n) is 2.06. The van der Waals surface area contributed by atoms with E-state index in [9.17, 15) is 9.90 Å². The highest BCUT2D eigenvalue weighted by molar-refractivity contribution is 6.33. The Balaban J connectivity index is 2.49. The number of hydrogen-bond acceptors (Lipinski definition) is 5. The van der Waals surface area contributed by atoms with Crippen LogP contribution in [0.2, 0.25) is 5.02 Å². The number of phenols is 1. The lowest BCUT2D eigenvalue weighted by molar-refractivity contribution is -0.149. The number of ether oxygens (including phenoxy) is 3. The Kier molecular flexibility index (Phi) is 5.34. The second-order valence-corrected chi connectivity index (χ2v) is 5.18. The van der Waals surface area contributed by atoms with Crippen molar-refractivity contribution in [3.63, 3.8) is 0 Å².